The second-order valence-corrected chi connectivity index (χ2v) is 7.13. The number of hydrogen-bond donors (Lipinski definition) is 1. The number of anilines is 1. The van der Waals surface area contributed by atoms with Crippen molar-refractivity contribution >= 4 is 22.4 Å². The topological polar surface area (TPSA) is 73.3 Å². The van der Waals surface area contributed by atoms with E-state index < -0.39 is 0 Å². The summed E-state index contributed by atoms with van der Waals surface area (Å²) >= 11 is 1.41. The number of rotatable bonds is 10. The number of para-hydroxylation sites is 2. The number of unbranched alkanes of at least 4 members (excludes halogenated alkanes) is 1. The van der Waals surface area contributed by atoms with Crippen LogP contribution in [0.5, 0.6) is 11.5 Å². The lowest BCUT2D eigenvalue weighted by molar-refractivity contribution is 0.102. The Labute approximate surface area is 168 Å². The summed E-state index contributed by atoms with van der Waals surface area (Å²) in [6.07, 6.45) is 3.04. The number of nitrogens with zero attached hydrogens (tertiary/aromatic N) is 2. The minimum absolute atomic E-state index is 0.266. The minimum atomic E-state index is -0.266. The van der Waals surface area contributed by atoms with Gasteiger partial charge in [-0.3, -0.25) is 10.1 Å². The van der Waals surface area contributed by atoms with Crippen LogP contribution in [0, 0.1) is 0 Å². The van der Waals surface area contributed by atoms with Crippen LogP contribution in [0.1, 0.15) is 35.1 Å². The van der Waals surface area contributed by atoms with Gasteiger partial charge < -0.3 is 9.47 Å². The molecule has 1 N–H and O–H groups in total. The Hall–Kier alpha value is -2.93. The van der Waals surface area contributed by atoms with Crippen molar-refractivity contribution in [3.63, 3.8) is 0 Å². The van der Waals surface area contributed by atoms with Gasteiger partial charge in [0.05, 0.1) is 5.56 Å². The van der Waals surface area contributed by atoms with Gasteiger partial charge in [0.25, 0.3) is 5.91 Å². The number of amides is 1. The van der Waals surface area contributed by atoms with Crippen molar-refractivity contribution in [1.82, 2.24) is 10.2 Å². The number of carbonyl (C=O) groups excluding carboxylic acids is 1. The fourth-order valence-corrected chi connectivity index (χ4v) is 3.28. The molecule has 2 aromatic carbocycles. The summed E-state index contributed by atoms with van der Waals surface area (Å²) < 4.78 is 11.4. The molecule has 0 saturated heterocycles. The van der Waals surface area contributed by atoms with Crippen molar-refractivity contribution in [2.75, 3.05) is 18.5 Å². The van der Waals surface area contributed by atoms with Gasteiger partial charge in [-0.1, -0.05) is 55.0 Å². The highest BCUT2D eigenvalue weighted by atomic mass is 32.1. The molecule has 0 bridgehead atoms. The lowest BCUT2D eigenvalue weighted by atomic mass is 10.2. The number of ether oxygens (including phenoxy) is 2. The third kappa shape index (κ3) is 5.79. The van der Waals surface area contributed by atoms with E-state index in [1.165, 1.54) is 11.3 Å². The monoisotopic (exact) mass is 397 g/mol. The maximum Gasteiger partial charge on any atom is 0.261 e. The fraction of sp³-hybridized carbons (Fsp3) is 0.286. The summed E-state index contributed by atoms with van der Waals surface area (Å²) in [7, 11) is 0. The molecule has 0 fully saturated rings. The molecule has 3 rings (SSSR count). The summed E-state index contributed by atoms with van der Waals surface area (Å²) in [4.78, 5) is 12.6. The number of carbonyl (C=O) groups is 1. The van der Waals surface area contributed by atoms with Gasteiger partial charge in [-0.25, -0.2) is 0 Å². The molecule has 0 aliphatic rings. The summed E-state index contributed by atoms with van der Waals surface area (Å²) in [5.74, 6) is 1.03. The van der Waals surface area contributed by atoms with E-state index in [0.29, 0.717) is 29.7 Å². The van der Waals surface area contributed by atoms with Crippen LogP contribution in [-0.2, 0) is 6.42 Å². The Morgan fingerprint density at radius 2 is 1.75 bits per heavy atom. The summed E-state index contributed by atoms with van der Waals surface area (Å²) in [5.41, 5.74) is 0.451. The Bertz CT molecular complexity index is 883. The Morgan fingerprint density at radius 1 is 1.00 bits per heavy atom. The third-order valence-electron chi connectivity index (χ3n) is 3.92. The molecule has 1 amide bonds. The SMILES string of the molecule is CCCCc1nnc(NC(=O)c2ccccc2OCCOc2ccccc2)s1. The molecule has 0 spiro atoms. The normalized spacial score (nSPS) is 10.5. The molecule has 7 heteroatoms. The molecule has 3 aromatic rings. The first-order valence-electron chi connectivity index (χ1n) is 9.29. The molecule has 1 aromatic heterocycles. The first-order valence-corrected chi connectivity index (χ1v) is 10.1. The average molecular weight is 398 g/mol. The molecule has 0 unspecified atom stereocenters. The van der Waals surface area contributed by atoms with E-state index in [0.717, 1.165) is 30.0 Å². The maximum atomic E-state index is 12.6. The molecule has 0 radical (unpaired) electrons. The molecule has 28 heavy (non-hydrogen) atoms. The predicted molar refractivity (Wildman–Crippen MR) is 110 cm³/mol. The van der Waals surface area contributed by atoms with E-state index in [2.05, 4.69) is 22.4 Å². The number of aryl methyl sites for hydroxylation is 1. The third-order valence-corrected chi connectivity index (χ3v) is 4.81. The van der Waals surface area contributed by atoms with Crippen LogP contribution in [-0.4, -0.2) is 29.3 Å². The van der Waals surface area contributed by atoms with Crippen molar-refractivity contribution < 1.29 is 14.3 Å². The molecule has 0 atom stereocenters. The highest BCUT2D eigenvalue weighted by Crippen LogP contribution is 2.22. The Balaban J connectivity index is 1.55. The maximum absolute atomic E-state index is 12.6. The van der Waals surface area contributed by atoms with Crippen molar-refractivity contribution in [3.8, 4) is 11.5 Å². The second-order valence-electron chi connectivity index (χ2n) is 6.06. The standard InChI is InChI=1S/C21H23N3O3S/c1-2-3-13-19-23-24-21(28-19)22-20(25)17-11-7-8-12-18(17)27-15-14-26-16-9-5-4-6-10-16/h4-12H,2-3,13-15H2,1H3,(H,22,24,25). The zero-order valence-electron chi connectivity index (χ0n) is 15.8. The van der Waals surface area contributed by atoms with Crippen LogP contribution in [0.3, 0.4) is 0 Å². The average Bonchev–Trinajstić information content (AvgIpc) is 3.18. The lowest BCUT2D eigenvalue weighted by Crippen LogP contribution is -2.15. The molecule has 1 heterocycles. The van der Waals surface area contributed by atoms with Crippen LogP contribution in [0.25, 0.3) is 0 Å². The van der Waals surface area contributed by atoms with E-state index in [1.54, 1.807) is 18.2 Å². The number of benzene rings is 2. The summed E-state index contributed by atoms with van der Waals surface area (Å²) in [6.45, 7) is 2.85. The molecular weight excluding hydrogens is 374 g/mol. The number of hydrogen-bond acceptors (Lipinski definition) is 6. The van der Waals surface area contributed by atoms with Crippen LogP contribution in [0.15, 0.2) is 54.6 Å². The first kappa shape index (κ1) is 19.8. The smallest absolute Gasteiger partial charge is 0.261 e. The zero-order valence-corrected chi connectivity index (χ0v) is 16.6. The van der Waals surface area contributed by atoms with E-state index in [-0.39, 0.29) is 5.91 Å². The second kappa shape index (κ2) is 10.4. The summed E-state index contributed by atoms with van der Waals surface area (Å²) in [6, 6.07) is 16.7. The fourth-order valence-electron chi connectivity index (χ4n) is 2.51. The number of nitrogens with one attached hydrogen (secondary N) is 1. The highest BCUT2D eigenvalue weighted by Gasteiger charge is 2.14. The van der Waals surface area contributed by atoms with Gasteiger partial charge in [0.15, 0.2) is 0 Å². The number of aromatic nitrogens is 2. The van der Waals surface area contributed by atoms with Gasteiger partial charge in [0.2, 0.25) is 5.13 Å². The van der Waals surface area contributed by atoms with Gasteiger partial charge in [-0.05, 0) is 30.7 Å². The Kier molecular flexibility index (Phi) is 7.37. The van der Waals surface area contributed by atoms with E-state index >= 15 is 0 Å². The van der Waals surface area contributed by atoms with Crippen LogP contribution in [0.4, 0.5) is 5.13 Å². The van der Waals surface area contributed by atoms with Crippen molar-refractivity contribution in [2.24, 2.45) is 0 Å². The highest BCUT2D eigenvalue weighted by molar-refractivity contribution is 7.15. The zero-order chi connectivity index (χ0) is 19.6. The molecular formula is C21H23N3O3S. The van der Waals surface area contributed by atoms with Crippen LogP contribution < -0.4 is 14.8 Å². The Morgan fingerprint density at radius 3 is 2.57 bits per heavy atom. The van der Waals surface area contributed by atoms with Gasteiger partial charge >= 0.3 is 0 Å². The largest absolute Gasteiger partial charge is 0.490 e. The predicted octanol–water partition coefficient (Wildman–Crippen LogP) is 4.59. The van der Waals surface area contributed by atoms with E-state index in [9.17, 15) is 4.79 Å². The quantitative estimate of drug-likeness (QED) is 0.507. The molecule has 0 aliphatic carbocycles. The molecule has 6 nitrogen and oxygen atoms in total. The van der Waals surface area contributed by atoms with Gasteiger partial charge in [-0.2, -0.15) is 0 Å². The van der Waals surface area contributed by atoms with Crippen LogP contribution in [0.2, 0.25) is 0 Å². The lowest BCUT2D eigenvalue weighted by Gasteiger charge is -2.11. The van der Waals surface area contributed by atoms with Gasteiger partial charge in [0.1, 0.15) is 29.7 Å². The minimum Gasteiger partial charge on any atom is -0.490 e. The van der Waals surface area contributed by atoms with Gasteiger partial charge in [0, 0.05) is 6.42 Å². The van der Waals surface area contributed by atoms with Crippen LogP contribution >= 0.6 is 11.3 Å². The molecule has 0 aliphatic heterocycles. The molecule has 0 saturated carbocycles. The van der Waals surface area contributed by atoms with Crippen molar-refractivity contribution in [2.45, 2.75) is 26.2 Å². The van der Waals surface area contributed by atoms with E-state index in [1.807, 2.05) is 36.4 Å². The molecule has 146 valence electrons. The first-order chi connectivity index (χ1) is 13.8. The van der Waals surface area contributed by atoms with Gasteiger partial charge in [-0.15, -0.1) is 10.2 Å². The van der Waals surface area contributed by atoms with Crippen molar-refractivity contribution in [1.29, 1.82) is 0 Å². The van der Waals surface area contributed by atoms with Crippen molar-refractivity contribution in [3.05, 3.63) is 65.2 Å². The summed E-state index contributed by atoms with van der Waals surface area (Å²) in [5, 5.41) is 12.4. The van der Waals surface area contributed by atoms with E-state index in [4.69, 9.17) is 9.47 Å².